The van der Waals surface area contributed by atoms with Crippen molar-refractivity contribution in [3.05, 3.63) is 28.8 Å². The molecular formula is C10H10ClF3O3S. The summed E-state index contributed by atoms with van der Waals surface area (Å²) in [6.45, 7) is 1.23. The predicted octanol–water partition coefficient (Wildman–Crippen LogP) is 2.51. The first-order valence-electron chi connectivity index (χ1n) is 4.81. The molecule has 18 heavy (non-hydrogen) atoms. The van der Waals surface area contributed by atoms with Crippen molar-refractivity contribution in [2.24, 2.45) is 0 Å². The van der Waals surface area contributed by atoms with Gasteiger partial charge in [0.25, 0.3) is 0 Å². The molecule has 0 heterocycles. The molecule has 0 aliphatic carbocycles. The van der Waals surface area contributed by atoms with Crippen LogP contribution in [-0.4, -0.2) is 25.4 Å². The van der Waals surface area contributed by atoms with E-state index in [-0.39, 0.29) is 0 Å². The lowest BCUT2D eigenvalue weighted by atomic mass is 10.2. The molecule has 0 aliphatic rings. The van der Waals surface area contributed by atoms with Gasteiger partial charge in [-0.25, -0.2) is 8.42 Å². The molecule has 0 saturated carbocycles. The minimum atomic E-state index is -4.73. The number of hydrogen-bond acceptors (Lipinski definition) is 3. The highest BCUT2D eigenvalue weighted by molar-refractivity contribution is 7.91. The SMILES string of the molecule is CC(O)CS(=O)(=O)c1ccc(Cl)c(C(F)(F)F)c1. The molecular weight excluding hydrogens is 293 g/mol. The van der Waals surface area contributed by atoms with Crippen LogP contribution in [0.5, 0.6) is 0 Å². The number of halogens is 4. The molecule has 1 atom stereocenters. The Morgan fingerprint density at radius 2 is 1.94 bits per heavy atom. The van der Waals surface area contributed by atoms with Crippen molar-refractivity contribution in [2.75, 3.05) is 5.75 Å². The maximum Gasteiger partial charge on any atom is 0.417 e. The average Bonchev–Trinajstić information content (AvgIpc) is 2.13. The summed E-state index contributed by atoms with van der Waals surface area (Å²) in [5.74, 6) is -0.647. The van der Waals surface area contributed by atoms with E-state index in [4.69, 9.17) is 16.7 Å². The number of hydrogen-bond donors (Lipinski definition) is 1. The van der Waals surface area contributed by atoms with Crippen molar-refractivity contribution in [1.82, 2.24) is 0 Å². The van der Waals surface area contributed by atoms with E-state index >= 15 is 0 Å². The van der Waals surface area contributed by atoms with E-state index in [0.29, 0.717) is 6.07 Å². The van der Waals surface area contributed by atoms with Crippen molar-refractivity contribution < 1.29 is 26.7 Å². The Labute approximate surface area is 107 Å². The highest BCUT2D eigenvalue weighted by Crippen LogP contribution is 2.36. The molecule has 1 unspecified atom stereocenters. The van der Waals surface area contributed by atoms with E-state index < -0.39 is 43.4 Å². The molecule has 1 rings (SSSR count). The summed E-state index contributed by atoms with van der Waals surface area (Å²) in [6, 6.07) is 2.33. The second-order valence-electron chi connectivity index (χ2n) is 3.77. The lowest BCUT2D eigenvalue weighted by Gasteiger charge is -2.12. The first-order chi connectivity index (χ1) is 8.04. The summed E-state index contributed by atoms with van der Waals surface area (Å²) in [5, 5.41) is 8.43. The first kappa shape index (κ1) is 15.3. The fourth-order valence-corrected chi connectivity index (χ4v) is 2.95. The van der Waals surface area contributed by atoms with Crippen LogP contribution in [-0.2, 0) is 16.0 Å². The quantitative estimate of drug-likeness (QED) is 0.933. The smallest absolute Gasteiger partial charge is 0.392 e. The third-order valence-electron chi connectivity index (χ3n) is 2.06. The molecule has 1 N–H and O–H groups in total. The minimum absolute atomic E-state index is 0.472. The number of aliphatic hydroxyl groups is 1. The molecule has 0 saturated heterocycles. The van der Waals surface area contributed by atoms with Crippen molar-refractivity contribution in [3.63, 3.8) is 0 Å². The van der Waals surface area contributed by atoms with Crippen molar-refractivity contribution in [3.8, 4) is 0 Å². The van der Waals surface area contributed by atoms with Gasteiger partial charge in [-0.15, -0.1) is 0 Å². The van der Waals surface area contributed by atoms with E-state index in [1.165, 1.54) is 6.92 Å². The molecule has 0 aromatic heterocycles. The van der Waals surface area contributed by atoms with Gasteiger partial charge < -0.3 is 5.11 Å². The van der Waals surface area contributed by atoms with Gasteiger partial charge in [0.1, 0.15) is 0 Å². The molecule has 102 valence electrons. The molecule has 1 aromatic rings. The number of rotatable bonds is 3. The van der Waals surface area contributed by atoms with Crippen LogP contribution in [0.3, 0.4) is 0 Å². The molecule has 0 aliphatic heterocycles. The second-order valence-corrected chi connectivity index (χ2v) is 6.21. The van der Waals surface area contributed by atoms with Crippen LogP contribution in [0.25, 0.3) is 0 Å². The van der Waals surface area contributed by atoms with Crippen LogP contribution >= 0.6 is 11.6 Å². The Balaban J connectivity index is 3.30. The molecule has 8 heteroatoms. The fourth-order valence-electron chi connectivity index (χ4n) is 1.33. The fraction of sp³-hybridized carbons (Fsp3) is 0.400. The summed E-state index contributed by atoms with van der Waals surface area (Å²) >= 11 is 5.37. The maximum absolute atomic E-state index is 12.6. The number of alkyl halides is 3. The van der Waals surface area contributed by atoms with Gasteiger partial charge in [0, 0.05) is 0 Å². The summed E-state index contributed by atoms with van der Waals surface area (Å²) in [5.41, 5.74) is -1.21. The summed E-state index contributed by atoms with van der Waals surface area (Å²) in [4.78, 5) is -0.514. The Morgan fingerprint density at radius 3 is 2.39 bits per heavy atom. The van der Waals surface area contributed by atoms with E-state index in [1.54, 1.807) is 0 Å². The zero-order valence-electron chi connectivity index (χ0n) is 9.20. The van der Waals surface area contributed by atoms with E-state index in [2.05, 4.69) is 0 Å². The summed E-state index contributed by atoms with van der Waals surface area (Å²) in [7, 11) is -3.97. The van der Waals surface area contributed by atoms with Gasteiger partial charge in [-0.05, 0) is 25.1 Å². The number of benzene rings is 1. The van der Waals surface area contributed by atoms with E-state index in [9.17, 15) is 21.6 Å². The maximum atomic E-state index is 12.6. The molecule has 0 fully saturated rings. The van der Waals surface area contributed by atoms with Crippen LogP contribution in [0.2, 0.25) is 5.02 Å². The number of sulfone groups is 1. The van der Waals surface area contributed by atoms with Gasteiger partial charge in [-0.2, -0.15) is 13.2 Å². The van der Waals surface area contributed by atoms with Gasteiger partial charge >= 0.3 is 6.18 Å². The molecule has 0 radical (unpaired) electrons. The van der Waals surface area contributed by atoms with Gasteiger partial charge in [0.05, 0.1) is 27.3 Å². The lowest BCUT2D eigenvalue weighted by molar-refractivity contribution is -0.137. The van der Waals surface area contributed by atoms with Gasteiger partial charge in [0.15, 0.2) is 9.84 Å². The summed E-state index contributed by atoms with van der Waals surface area (Å²) in [6.07, 6.45) is -5.90. The van der Waals surface area contributed by atoms with E-state index in [1.807, 2.05) is 0 Å². The average molecular weight is 303 g/mol. The Morgan fingerprint density at radius 1 is 1.39 bits per heavy atom. The Kier molecular flexibility index (Phi) is 4.30. The van der Waals surface area contributed by atoms with Gasteiger partial charge in [-0.1, -0.05) is 11.6 Å². The van der Waals surface area contributed by atoms with Gasteiger partial charge in [-0.3, -0.25) is 0 Å². The molecule has 3 nitrogen and oxygen atoms in total. The van der Waals surface area contributed by atoms with Crippen LogP contribution in [0, 0.1) is 0 Å². The minimum Gasteiger partial charge on any atom is -0.392 e. The monoisotopic (exact) mass is 302 g/mol. The van der Waals surface area contributed by atoms with Crippen molar-refractivity contribution in [1.29, 1.82) is 0 Å². The highest BCUT2D eigenvalue weighted by atomic mass is 35.5. The van der Waals surface area contributed by atoms with Crippen LogP contribution in [0.15, 0.2) is 23.1 Å². The van der Waals surface area contributed by atoms with Gasteiger partial charge in [0.2, 0.25) is 0 Å². The zero-order valence-corrected chi connectivity index (χ0v) is 10.8. The number of aliphatic hydroxyl groups excluding tert-OH is 1. The predicted molar refractivity (Wildman–Crippen MR) is 60.2 cm³/mol. The first-order valence-corrected chi connectivity index (χ1v) is 6.84. The normalized spacial score (nSPS) is 14.6. The van der Waals surface area contributed by atoms with Crippen molar-refractivity contribution >= 4 is 21.4 Å². The lowest BCUT2D eigenvalue weighted by Crippen LogP contribution is -2.18. The standard InChI is InChI=1S/C10H10ClF3O3S/c1-6(15)5-18(16,17)7-2-3-9(11)8(4-7)10(12,13)14/h2-4,6,15H,5H2,1H3. The van der Waals surface area contributed by atoms with Crippen LogP contribution in [0.1, 0.15) is 12.5 Å². The Hall–Kier alpha value is -0.790. The van der Waals surface area contributed by atoms with Crippen LogP contribution in [0.4, 0.5) is 13.2 Å². The largest absolute Gasteiger partial charge is 0.417 e. The molecule has 1 aromatic carbocycles. The zero-order chi connectivity index (χ0) is 14.1. The topological polar surface area (TPSA) is 54.4 Å². The molecule has 0 spiro atoms. The molecule has 0 amide bonds. The second kappa shape index (κ2) is 5.07. The van der Waals surface area contributed by atoms with Crippen molar-refractivity contribution in [2.45, 2.75) is 24.1 Å². The van der Waals surface area contributed by atoms with E-state index in [0.717, 1.165) is 12.1 Å². The molecule has 0 bridgehead atoms. The third kappa shape index (κ3) is 3.60. The van der Waals surface area contributed by atoms with Crippen LogP contribution < -0.4 is 0 Å². The Bertz CT molecular complexity index is 538. The summed E-state index contributed by atoms with van der Waals surface area (Å²) < 4.78 is 61.0. The highest BCUT2D eigenvalue weighted by Gasteiger charge is 2.34. The third-order valence-corrected chi connectivity index (χ3v) is 4.29.